The average Bonchev–Trinajstić information content (AvgIpc) is 2.29. The van der Waals surface area contributed by atoms with Crippen LogP contribution in [-0.4, -0.2) is 25.1 Å². The van der Waals surface area contributed by atoms with Crippen molar-refractivity contribution in [2.45, 2.75) is 24.8 Å². The lowest BCUT2D eigenvalue weighted by Crippen LogP contribution is -2.59. The van der Waals surface area contributed by atoms with Gasteiger partial charge in [-0.05, 0) is 25.0 Å². The molecular formula is C12H15ClF2N2. The summed E-state index contributed by atoms with van der Waals surface area (Å²) in [6, 6.07) is 7.25. The van der Waals surface area contributed by atoms with Crippen LogP contribution in [0.2, 0.25) is 5.02 Å². The monoisotopic (exact) mass is 260 g/mol. The van der Waals surface area contributed by atoms with Crippen LogP contribution in [0, 0.1) is 0 Å². The van der Waals surface area contributed by atoms with E-state index in [0.717, 1.165) is 12.2 Å². The number of halogens is 3. The molecule has 1 atom stereocenters. The highest BCUT2D eigenvalue weighted by Gasteiger charge is 2.40. The maximum atomic E-state index is 12.9. The van der Waals surface area contributed by atoms with Crippen molar-refractivity contribution in [3.63, 3.8) is 0 Å². The van der Waals surface area contributed by atoms with E-state index in [1.807, 2.05) is 23.1 Å². The summed E-state index contributed by atoms with van der Waals surface area (Å²) < 4.78 is 25.8. The number of anilines is 1. The highest BCUT2D eigenvalue weighted by molar-refractivity contribution is 6.33. The minimum Gasteiger partial charge on any atom is -0.368 e. The fourth-order valence-corrected chi connectivity index (χ4v) is 2.46. The molecule has 0 aromatic heterocycles. The Labute approximate surface area is 104 Å². The van der Waals surface area contributed by atoms with E-state index in [9.17, 15) is 8.78 Å². The van der Waals surface area contributed by atoms with E-state index < -0.39 is 12.0 Å². The zero-order valence-corrected chi connectivity index (χ0v) is 10.1. The maximum Gasteiger partial charge on any atom is 0.258 e. The Kier molecular flexibility index (Phi) is 3.54. The summed E-state index contributed by atoms with van der Waals surface area (Å²) in [6.45, 7) is 0.865. The van der Waals surface area contributed by atoms with Crippen LogP contribution in [0.15, 0.2) is 24.3 Å². The number of nitrogens with two attached hydrogens (primary N) is 1. The van der Waals surface area contributed by atoms with Gasteiger partial charge < -0.3 is 10.6 Å². The largest absolute Gasteiger partial charge is 0.368 e. The van der Waals surface area contributed by atoms with E-state index >= 15 is 0 Å². The van der Waals surface area contributed by atoms with Crippen molar-refractivity contribution in [1.82, 2.24) is 0 Å². The molecule has 1 aromatic carbocycles. The van der Waals surface area contributed by atoms with E-state index in [-0.39, 0.29) is 6.54 Å². The summed E-state index contributed by atoms with van der Waals surface area (Å²) in [5.74, 6) is 0. The van der Waals surface area contributed by atoms with E-state index in [0.29, 0.717) is 17.9 Å². The predicted molar refractivity (Wildman–Crippen MR) is 65.8 cm³/mol. The average molecular weight is 261 g/mol. The zero-order chi connectivity index (χ0) is 12.5. The second-order valence-corrected chi connectivity index (χ2v) is 4.92. The number of hydrogen-bond acceptors (Lipinski definition) is 2. The lowest BCUT2D eigenvalue weighted by Gasteiger charge is -2.41. The third-order valence-electron chi connectivity index (χ3n) is 3.18. The standard InChI is InChI=1S/C12H15ClF2N2/c13-9-4-1-2-5-10(9)17-7-3-6-12(16,8-17)11(14)15/h1-2,4-5,11H,3,6-8,16H2. The van der Waals surface area contributed by atoms with Crippen LogP contribution < -0.4 is 10.6 Å². The van der Waals surface area contributed by atoms with E-state index in [1.165, 1.54) is 0 Å². The molecule has 0 radical (unpaired) electrons. The second-order valence-electron chi connectivity index (χ2n) is 4.51. The summed E-state index contributed by atoms with van der Waals surface area (Å²) in [7, 11) is 0. The number of nitrogens with zero attached hydrogens (tertiary/aromatic N) is 1. The van der Waals surface area contributed by atoms with Gasteiger partial charge in [0, 0.05) is 13.1 Å². The quantitative estimate of drug-likeness (QED) is 0.886. The fraction of sp³-hybridized carbons (Fsp3) is 0.500. The van der Waals surface area contributed by atoms with Gasteiger partial charge in [-0.1, -0.05) is 23.7 Å². The molecule has 0 bridgehead atoms. The Bertz CT molecular complexity index is 400. The SMILES string of the molecule is NC1(C(F)F)CCCN(c2ccccc2Cl)C1. The van der Waals surface area contributed by atoms with Crippen molar-refractivity contribution in [2.24, 2.45) is 5.73 Å². The third-order valence-corrected chi connectivity index (χ3v) is 3.50. The summed E-state index contributed by atoms with van der Waals surface area (Å²) >= 11 is 6.06. The van der Waals surface area contributed by atoms with E-state index in [4.69, 9.17) is 17.3 Å². The molecule has 1 aliphatic heterocycles. The number of piperidine rings is 1. The van der Waals surface area contributed by atoms with Crippen LogP contribution in [0.25, 0.3) is 0 Å². The molecule has 17 heavy (non-hydrogen) atoms. The summed E-state index contributed by atoms with van der Waals surface area (Å²) in [5, 5.41) is 0.575. The van der Waals surface area contributed by atoms with Crippen LogP contribution in [0.3, 0.4) is 0 Å². The molecule has 2 N–H and O–H groups in total. The van der Waals surface area contributed by atoms with Gasteiger partial charge in [0.1, 0.15) is 0 Å². The first-order chi connectivity index (χ1) is 8.03. The summed E-state index contributed by atoms with van der Waals surface area (Å²) in [6.07, 6.45) is -1.50. The summed E-state index contributed by atoms with van der Waals surface area (Å²) in [5.41, 5.74) is 5.11. The second kappa shape index (κ2) is 4.78. The first kappa shape index (κ1) is 12.6. The predicted octanol–water partition coefficient (Wildman–Crippen LogP) is 2.90. The smallest absolute Gasteiger partial charge is 0.258 e. The van der Waals surface area contributed by atoms with Gasteiger partial charge in [0.25, 0.3) is 6.43 Å². The van der Waals surface area contributed by atoms with Crippen LogP contribution >= 0.6 is 11.6 Å². The molecular weight excluding hydrogens is 246 g/mol. The molecule has 2 nitrogen and oxygen atoms in total. The molecule has 1 saturated heterocycles. The Hall–Kier alpha value is -0.870. The van der Waals surface area contributed by atoms with Crippen molar-refractivity contribution in [3.05, 3.63) is 29.3 Å². The first-order valence-electron chi connectivity index (χ1n) is 5.59. The zero-order valence-electron chi connectivity index (χ0n) is 9.37. The first-order valence-corrected chi connectivity index (χ1v) is 5.97. The van der Waals surface area contributed by atoms with Gasteiger partial charge in [0.05, 0.1) is 16.2 Å². The Morgan fingerprint density at radius 2 is 2.06 bits per heavy atom. The molecule has 1 heterocycles. The molecule has 0 spiro atoms. The van der Waals surface area contributed by atoms with E-state index in [1.54, 1.807) is 6.07 Å². The van der Waals surface area contributed by atoms with Gasteiger partial charge >= 0.3 is 0 Å². The van der Waals surface area contributed by atoms with Crippen LogP contribution in [0.5, 0.6) is 0 Å². The Morgan fingerprint density at radius 3 is 2.71 bits per heavy atom. The molecule has 2 rings (SSSR count). The maximum absolute atomic E-state index is 12.9. The van der Waals surface area contributed by atoms with Crippen molar-refractivity contribution in [1.29, 1.82) is 0 Å². The number of hydrogen-bond donors (Lipinski definition) is 1. The van der Waals surface area contributed by atoms with Gasteiger partial charge in [0.15, 0.2) is 0 Å². The lowest BCUT2D eigenvalue weighted by molar-refractivity contribution is 0.0448. The summed E-state index contributed by atoms with van der Waals surface area (Å²) in [4.78, 5) is 1.85. The van der Waals surface area contributed by atoms with E-state index in [2.05, 4.69) is 0 Å². The van der Waals surface area contributed by atoms with Gasteiger partial charge in [-0.3, -0.25) is 0 Å². The van der Waals surface area contributed by atoms with Gasteiger partial charge in [-0.15, -0.1) is 0 Å². The molecule has 1 aliphatic rings. The molecule has 1 fully saturated rings. The molecule has 1 unspecified atom stereocenters. The molecule has 0 saturated carbocycles. The Balaban J connectivity index is 2.21. The van der Waals surface area contributed by atoms with Gasteiger partial charge in [0.2, 0.25) is 0 Å². The van der Waals surface area contributed by atoms with Crippen molar-refractivity contribution >= 4 is 17.3 Å². The van der Waals surface area contributed by atoms with Crippen LogP contribution in [-0.2, 0) is 0 Å². The molecule has 0 aliphatic carbocycles. The lowest BCUT2D eigenvalue weighted by atomic mass is 9.90. The highest BCUT2D eigenvalue weighted by atomic mass is 35.5. The number of para-hydroxylation sites is 1. The minimum atomic E-state index is -2.51. The number of alkyl halides is 2. The molecule has 5 heteroatoms. The Morgan fingerprint density at radius 1 is 1.35 bits per heavy atom. The normalized spacial score (nSPS) is 25.4. The van der Waals surface area contributed by atoms with Crippen molar-refractivity contribution in [2.75, 3.05) is 18.0 Å². The topological polar surface area (TPSA) is 29.3 Å². The fourth-order valence-electron chi connectivity index (χ4n) is 2.20. The van der Waals surface area contributed by atoms with Gasteiger partial charge in [-0.2, -0.15) is 0 Å². The number of benzene rings is 1. The number of rotatable bonds is 2. The van der Waals surface area contributed by atoms with Crippen LogP contribution in [0.1, 0.15) is 12.8 Å². The van der Waals surface area contributed by atoms with Crippen molar-refractivity contribution in [3.8, 4) is 0 Å². The molecule has 1 aromatic rings. The molecule has 0 amide bonds. The highest BCUT2D eigenvalue weighted by Crippen LogP contribution is 2.32. The van der Waals surface area contributed by atoms with Crippen LogP contribution in [0.4, 0.5) is 14.5 Å². The van der Waals surface area contributed by atoms with Crippen molar-refractivity contribution < 1.29 is 8.78 Å². The van der Waals surface area contributed by atoms with Gasteiger partial charge in [-0.25, -0.2) is 8.78 Å². The third kappa shape index (κ3) is 2.53. The molecule has 94 valence electrons. The minimum absolute atomic E-state index is 0.147.